The van der Waals surface area contributed by atoms with Crippen LogP contribution >= 0.6 is 0 Å². The lowest BCUT2D eigenvalue weighted by Gasteiger charge is -2.35. The van der Waals surface area contributed by atoms with E-state index in [0.29, 0.717) is 17.3 Å². The quantitative estimate of drug-likeness (QED) is 0.386. The number of β-amino-alcohol motifs (C(OH)–C–C–N with tert-alkyl or cyclic N) is 1. The number of hydrogen-bond acceptors (Lipinski definition) is 6. The van der Waals surface area contributed by atoms with E-state index in [9.17, 15) is 5.11 Å². The minimum Gasteiger partial charge on any atom is -0.493 e. The second kappa shape index (κ2) is 9.67. The largest absolute Gasteiger partial charge is 0.493 e. The van der Waals surface area contributed by atoms with E-state index in [2.05, 4.69) is 58.2 Å². The molecule has 0 aliphatic carbocycles. The van der Waals surface area contributed by atoms with Crippen molar-refractivity contribution in [3.05, 3.63) is 54.0 Å². The monoisotopic (exact) mass is 488 g/mol. The molecule has 8 heteroatoms. The molecule has 36 heavy (non-hydrogen) atoms. The van der Waals surface area contributed by atoms with Crippen LogP contribution in [0.2, 0.25) is 0 Å². The first-order valence-corrected chi connectivity index (χ1v) is 12.7. The van der Waals surface area contributed by atoms with E-state index in [1.165, 1.54) is 17.5 Å². The summed E-state index contributed by atoms with van der Waals surface area (Å²) in [6.45, 7) is 10.9. The maximum absolute atomic E-state index is 10.1. The molecule has 1 saturated heterocycles. The van der Waals surface area contributed by atoms with E-state index in [-0.39, 0.29) is 5.92 Å². The summed E-state index contributed by atoms with van der Waals surface area (Å²) in [5.41, 5.74) is 6.61. The van der Waals surface area contributed by atoms with E-state index in [0.717, 1.165) is 55.0 Å². The highest BCUT2D eigenvalue weighted by Gasteiger charge is 2.25. The number of H-pyrrole nitrogens is 1. The van der Waals surface area contributed by atoms with Gasteiger partial charge in [0, 0.05) is 23.9 Å². The average Bonchev–Trinajstić information content (AvgIpc) is 3.50. The van der Waals surface area contributed by atoms with Crippen LogP contribution in [0, 0.1) is 0 Å². The number of likely N-dealkylation sites (tertiary alicyclic amines) is 1. The zero-order valence-corrected chi connectivity index (χ0v) is 21.8. The number of hydrogen-bond donors (Lipinski definition) is 2. The number of ether oxygens (including phenoxy) is 1. The molecule has 1 aromatic carbocycles. The van der Waals surface area contributed by atoms with Gasteiger partial charge in [-0.2, -0.15) is 10.2 Å². The summed E-state index contributed by atoms with van der Waals surface area (Å²) < 4.78 is 7.29. The van der Waals surface area contributed by atoms with E-state index in [4.69, 9.17) is 9.84 Å². The first-order chi connectivity index (χ1) is 17.2. The maximum atomic E-state index is 10.1. The van der Waals surface area contributed by atoms with Crippen LogP contribution in [0.4, 0.5) is 0 Å². The fourth-order valence-electron chi connectivity index (χ4n) is 5.42. The lowest BCUT2D eigenvalue weighted by atomic mass is 9.87. The molecule has 0 atom stereocenters. The van der Waals surface area contributed by atoms with Crippen LogP contribution in [-0.2, 0) is 0 Å². The van der Waals surface area contributed by atoms with E-state index in [1.54, 1.807) is 11.6 Å². The smallest absolute Gasteiger partial charge is 0.197 e. The van der Waals surface area contributed by atoms with Gasteiger partial charge in [0.2, 0.25) is 0 Å². The third-order valence-electron chi connectivity index (χ3n) is 7.08. The third kappa shape index (κ3) is 4.88. The van der Waals surface area contributed by atoms with Crippen LogP contribution in [0.5, 0.6) is 5.75 Å². The summed E-state index contributed by atoms with van der Waals surface area (Å²) in [5, 5.41) is 22.5. The van der Waals surface area contributed by atoms with Gasteiger partial charge in [-0.05, 0) is 68.8 Å². The summed E-state index contributed by atoms with van der Waals surface area (Å²) in [5.74, 6) is 1.49. The van der Waals surface area contributed by atoms with Crippen molar-refractivity contribution in [3.8, 4) is 28.3 Å². The number of methoxy groups -OCH3 is 1. The topological polar surface area (TPSA) is 91.6 Å². The fraction of sp³-hybridized carbons (Fsp3) is 0.464. The number of aromatic amines is 1. The van der Waals surface area contributed by atoms with Gasteiger partial charge in [-0.3, -0.25) is 5.10 Å². The van der Waals surface area contributed by atoms with Crippen LogP contribution in [-0.4, -0.2) is 67.1 Å². The molecule has 1 aliphatic heterocycles. The van der Waals surface area contributed by atoms with Crippen LogP contribution in [0.15, 0.2) is 42.9 Å². The van der Waals surface area contributed by atoms with Gasteiger partial charge in [-0.25, -0.2) is 9.50 Å². The number of aliphatic hydroxyl groups is 1. The number of benzene rings is 1. The van der Waals surface area contributed by atoms with Crippen molar-refractivity contribution in [2.24, 2.45) is 0 Å². The van der Waals surface area contributed by atoms with Crippen molar-refractivity contribution in [1.82, 2.24) is 29.7 Å². The molecule has 0 unspecified atom stereocenters. The number of piperidine rings is 1. The van der Waals surface area contributed by atoms with Crippen molar-refractivity contribution in [1.29, 1.82) is 0 Å². The lowest BCUT2D eigenvalue weighted by molar-refractivity contribution is 0.0282. The summed E-state index contributed by atoms with van der Waals surface area (Å²) in [7, 11) is 1.64. The van der Waals surface area contributed by atoms with Crippen molar-refractivity contribution >= 4 is 5.65 Å². The van der Waals surface area contributed by atoms with Gasteiger partial charge >= 0.3 is 0 Å². The SMILES string of the molecule is COc1cc(-c2n[nH]c(-c3ccc(C4CCN(CC(C)(C)O)CC4)cc3)c2C(C)C)cn2ncnc12. The number of pyridine rings is 1. The van der Waals surface area contributed by atoms with Crippen LogP contribution in [0.3, 0.4) is 0 Å². The highest BCUT2D eigenvalue weighted by molar-refractivity contribution is 5.76. The van der Waals surface area contributed by atoms with Crippen LogP contribution < -0.4 is 4.74 Å². The Bertz CT molecular complexity index is 1320. The minimum atomic E-state index is -0.641. The van der Waals surface area contributed by atoms with Crippen molar-refractivity contribution in [3.63, 3.8) is 0 Å². The van der Waals surface area contributed by atoms with Crippen molar-refractivity contribution < 1.29 is 9.84 Å². The Morgan fingerprint density at radius 2 is 1.86 bits per heavy atom. The van der Waals surface area contributed by atoms with Crippen LogP contribution in [0.25, 0.3) is 28.2 Å². The third-order valence-corrected chi connectivity index (χ3v) is 7.08. The molecule has 1 fully saturated rings. The standard InChI is InChI=1S/C28H36N6O2/c1-18(2)24-25(31-32-26(24)22-14-23(36-5)27-29-17-30-34(27)15-22)21-8-6-19(7-9-21)20-10-12-33(13-11-20)16-28(3,4)35/h6-9,14-15,17-18,20,35H,10-13,16H2,1-5H3,(H,31,32). The molecule has 0 saturated carbocycles. The Labute approximate surface area is 212 Å². The van der Waals surface area contributed by atoms with Gasteiger partial charge in [0.05, 0.1) is 24.1 Å². The Morgan fingerprint density at radius 1 is 1.14 bits per heavy atom. The molecular formula is C28H36N6O2. The molecule has 0 spiro atoms. The molecule has 0 bridgehead atoms. The van der Waals surface area contributed by atoms with Gasteiger partial charge in [0.15, 0.2) is 11.4 Å². The highest BCUT2D eigenvalue weighted by atomic mass is 16.5. The molecule has 0 amide bonds. The molecule has 0 radical (unpaired) electrons. The van der Waals surface area contributed by atoms with Gasteiger partial charge in [0.25, 0.3) is 0 Å². The number of rotatable bonds is 7. The summed E-state index contributed by atoms with van der Waals surface area (Å²) in [6, 6.07) is 10.9. The number of nitrogens with one attached hydrogen (secondary N) is 1. The Balaban J connectivity index is 1.39. The summed E-state index contributed by atoms with van der Waals surface area (Å²) in [6.07, 6.45) is 5.71. The molecule has 1 aliphatic rings. The number of fused-ring (bicyclic) bond motifs is 1. The van der Waals surface area contributed by atoms with E-state index in [1.807, 2.05) is 26.1 Å². The molecular weight excluding hydrogens is 452 g/mol. The van der Waals surface area contributed by atoms with Gasteiger partial charge in [0.1, 0.15) is 6.33 Å². The molecule has 3 aromatic heterocycles. The van der Waals surface area contributed by atoms with E-state index >= 15 is 0 Å². The van der Waals surface area contributed by atoms with E-state index < -0.39 is 5.60 Å². The Morgan fingerprint density at radius 3 is 2.50 bits per heavy atom. The number of aromatic nitrogens is 5. The molecule has 8 nitrogen and oxygen atoms in total. The molecule has 2 N–H and O–H groups in total. The van der Waals surface area contributed by atoms with Gasteiger partial charge in [-0.1, -0.05) is 38.1 Å². The van der Waals surface area contributed by atoms with Gasteiger partial charge in [-0.15, -0.1) is 0 Å². The second-order valence-corrected chi connectivity index (χ2v) is 10.8. The molecule has 5 rings (SSSR count). The first-order valence-electron chi connectivity index (χ1n) is 12.7. The zero-order valence-electron chi connectivity index (χ0n) is 21.8. The fourth-order valence-corrected chi connectivity index (χ4v) is 5.42. The molecule has 4 heterocycles. The average molecular weight is 489 g/mol. The first kappa shape index (κ1) is 24.5. The second-order valence-electron chi connectivity index (χ2n) is 10.8. The highest BCUT2D eigenvalue weighted by Crippen LogP contribution is 2.38. The van der Waals surface area contributed by atoms with Crippen molar-refractivity contribution in [2.45, 2.75) is 58.0 Å². The number of nitrogens with zero attached hydrogens (tertiary/aromatic N) is 5. The normalized spacial score (nSPS) is 15.8. The summed E-state index contributed by atoms with van der Waals surface area (Å²) >= 11 is 0. The maximum Gasteiger partial charge on any atom is 0.197 e. The Kier molecular flexibility index (Phi) is 6.57. The predicted octanol–water partition coefficient (Wildman–Crippen LogP) is 4.87. The van der Waals surface area contributed by atoms with Crippen LogP contribution in [0.1, 0.15) is 63.5 Å². The molecule has 4 aromatic rings. The zero-order chi connectivity index (χ0) is 25.4. The Hall–Kier alpha value is -3.23. The molecule has 190 valence electrons. The predicted molar refractivity (Wildman–Crippen MR) is 141 cm³/mol. The summed E-state index contributed by atoms with van der Waals surface area (Å²) in [4.78, 5) is 6.66. The lowest BCUT2D eigenvalue weighted by Crippen LogP contribution is -2.42. The van der Waals surface area contributed by atoms with Crippen molar-refractivity contribution in [2.75, 3.05) is 26.7 Å². The van der Waals surface area contributed by atoms with Gasteiger partial charge < -0.3 is 14.7 Å². The minimum absolute atomic E-state index is 0.269.